The lowest BCUT2D eigenvalue weighted by Gasteiger charge is -2.33. The first-order valence-electron chi connectivity index (χ1n) is 8.04. The first-order valence-corrected chi connectivity index (χ1v) is 8.04. The highest BCUT2D eigenvalue weighted by Gasteiger charge is 2.29. The van der Waals surface area contributed by atoms with Gasteiger partial charge in [0.05, 0.1) is 0 Å². The number of nitrogens with one attached hydrogen (secondary N) is 1. The Morgan fingerprint density at radius 2 is 1.80 bits per heavy atom. The Hall–Kier alpha value is -0.650. The molecule has 1 heterocycles. The van der Waals surface area contributed by atoms with Crippen LogP contribution in [0.1, 0.15) is 38.5 Å². The molecule has 2 aliphatic rings. The van der Waals surface area contributed by atoms with Crippen LogP contribution in [0.25, 0.3) is 0 Å². The van der Waals surface area contributed by atoms with E-state index in [1.54, 1.807) is 0 Å². The van der Waals surface area contributed by atoms with Gasteiger partial charge in [0.2, 0.25) is 5.91 Å². The Morgan fingerprint density at radius 3 is 2.45 bits per heavy atom. The Balaban J connectivity index is 1.60. The Labute approximate surface area is 122 Å². The van der Waals surface area contributed by atoms with E-state index < -0.39 is 0 Å². The van der Waals surface area contributed by atoms with Crippen molar-refractivity contribution in [2.24, 2.45) is 5.73 Å². The number of nitrogens with zero attached hydrogens (tertiary/aromatic N) is 2. The molecule has 1 aliphatic carbocycles. The first kappa shape index (κ1) is 15.7. The zero-order valence-corrected chi connectivity index (χ0v) is 12.9. The molecule has 2 rings (SSSR count). The molecule has 1 aliphatic heterocycles. The molecule has 0 aromatic carbocycles. The predicted octanol–water partition coefficient (Wildman–Crippen LogP) is 0.402. The quantitative estimate of drug-likeness (QED) is 0.766. The van der Waals surface area contributed by atoms with Crippen LogP contribution in [0.4, 0.5) is 0 Å². The summed E-state index contributed by atoms with van der Waals surface area (Å²) in [5, 5.41) is 3.04. The van der Waals surface area contributed by atoms with Gasteiger partial charge in [0.25, 0.3) is 0 Å². The lowest BCUT2D eigenvalue weighted by Crippen LogP contribution is -2.48. The highest BCUT2D eigenvalue weighted by molar-refractivity contribution is 5.77. The van der Waals surface area contributed by atoms with Crippen molar-refractivity contribution in [3.8, 4) is 0 Å². The molecule has 1 saturated carbocycles. The van der Waals surface area contributed by atoms with E-state index in [-0.39, 0.29) is 11.4 Å². The number of likely N-dealkylation sites (N-methyl/N-ethyl adjacent to an activating group) is 1. The highest BCUT2D eigenvalue weighted by Crippen LogP contribution is 2.28. The van der Waals surface area contributed by atoms with Crippen molar-refractivity contribution in [3.63, 3.8) is 0 Å². The molecule has 5 heteroatoms. The van der Waals surface area contributed by atoms with Crippen molar-refractivity contribution < 1.29 is 4.79 Å². The smallest absolute Gasteiger partial charge is 0.221 e. The van der Waals surface area contributed by atoms with Gasteiger partial charge < -0.3 is 16.0 Å². The van der Waals surface area contributed by atoms with Crippen LogP contribution in [0.3, 0.4) is 0 Å². The monoisotopic (exact) mass is 282 g/mol. The summed E-state index contributed by atoms with van der Waals surface area (Å²) in [4.78, 5) is 16.8. The van der Waals surface area contributed by atoms with Crippen molar-refractivity contribution in [3.05, 3.63) is 0 Å². The number of hydrogen-bond donors (Lipinski definition) is 2. The van der Waals surface area contributed by atoms with E-state index in [2.05, 4.69) is 22.2 Å². The highest BCUT2D eigenvalue weighted by atomic mass is 16.1. The standard InChI is InChI=1S/C15H30N4O/c1-18-9-11-19(12-10-18)8-7-17-14(20)13-15(16)5-3-2-4-6-15/h2-13,16H2,1H3,(H,17,20). The maximum atomic E-state index is 12.0. The third kappa shape index (κ3) is 5.04. The molecule has 0 radical (unpaired) electrons. The van der Waals surface area contributed by atoms with E-state index in [0.29, 0.717) is 6.42 Å². The van der Waals surface area contributed by atoms with Crippen molar-refractivity contribution in [1.29, 1.82) is 0 Å². The van der Waals surface area contributed by atoms with Gasteiger partial charge in [0, 0.05) is 51.2 Å². The zero-order valence-electron chi connectivity index (χ0n) is 12.9. The van der Waals surface area contributed by atoms with Crippen molar-refractivity contribution >= 4 is 5.91 Å². The van der Waals surface area contributed by atoms with Crippen LogP contribution >= 0.6 is 0 Å². The molecule has 3 N–H and O–H groups in total. The van der Waals surface area contributed by atoms with Crippen LogP contribution < -0.4 is 11.1 Å². The summed E-state index contributed by atoms with van der Waals surface area (Å²) in [6.45, 7) is 6.16. The molecule has 0 bridgehead atoms. The van der Waals surface area contributed by atoms with E-state index in [1.165, 1.54) is 19.3 Å². The van der Waals surface area contributed by atoms with Gasteiger partial charge in [0.15, 0.2) is 0 Å². The average molecular weight is 282 g/mol. The van der Waals surface area contributed by atoms with E-state index in [1.807, 2.05) is 0 Å². The number of piperazine rings is 1. The van der Waals surface area contributed by atoms with Crippen LogP contribution in [0.15, 0.2) is 0 Å². The molecule has 0 atom stereocenters. The topological polar surface area (TPSA) is 61.6 Å². The van der Waals surface area contributed by atoms with Gasteiger partial charge >= 0.3 is 0 Å². The molecule has 1 saturated heterocycles. The summed E-state index contributed by atoms with van der Waals surface area (Å²) in [5.41, 5.74) is 6.07. The average Bonchev–Trinajstić information content (AvgIpc) is 2.41. The molecule has 0 aromatic rings. The lowest BCUT2D eigenvalue weighted by atomic mass is 9.80. The number of rotatable bonds is 5. The molecule has 0 spiro atoms. The molecule has 0 unspecified atom stereocenters. The summed E-state index contributed by atoms with van der Waals surface area (Å²) in [5.74, 6) is 0.128. The summed E-state index contributed by atoms with van der Waals surface area (Å²) in [6.07, 6.45) is 6.10. The van der Waals surface area contributed by atoms with Crippen LogP contribution in [0.5, 0.6) is 0 Å². The maximum absolute atomic E-state index is 12.0. The van der Waals surface area contributed by atoms with Crippen molar-refractivity contribution in [2.75, 3.05) is 46.3 Å². The van der Waals surface area contributed by atoms with Crippen LogP contribution in [-0.2, 0) is 4.79 Å². The first-order chi connectivity index (χ1) is 9.57. The maximum Gasteiger partial charge on any atom is 0.221 e. The van der Waals surface area contributed by atoms with Gasteiger partial charge in [-0.15, -0.1) is 0 Å². The fourth-order valence-corrected chi connectivity index (χ4v) is 3.24. The van der Waals surface area contributed by atoms with Crippen molar-refractivity contribution in [1.82, 2.24) is 15.1 Å². The molecular weight excluding hydrogens is 252 g/mol. The van der Waals surface area contributed by atoms with Gasteiger partial charge in [-0.05, 0) is 19.9 Å². The SMILES string of the molecule is CN1CCN(CCNC(=O)CC2(N)CCCCC2)CC1. The fourth-order valence-electron chi connectivity index (χ4n) is 3.24. The number of amides is 1. The number of carbonyl (C=O) groups excluding carboxylic acids is 1. The summed E-state index contributed by atoms with van der Waals surface area (Å²) < 4.78 is 0. The van der Waals surface area contributed by atoms with Gasteiger partial charge in [-0.3, -0.25) is 9.69 Å². The number of hydrogen-bond acceptors (Lipinski definition) is 4. The summed E-state index contributed by atoms with van der Waals surface area (Å²) in [7, 11) is 2.16. The fraction of sp³-hybridized carbons (Fsp3) is 0.933. The van der Waals surface area contributed by atoms with E-state index in [0.717, 1.165) is 52.1 Å². The van der Waals surface area contributed by atoms with Gasteiger partial charge in [-0.2, -0.15) is 0 Å². The Morgan fingerprint density at radius 1 is 1.15 bits per heavy atom. The van der Waals surface area contributed by atoms with Crippen LogP contribution in [0, 0.1) is 0 Å². The third-order valence-electron chi connectivity index (χ3n) is 4.71. The second kappa shape index (κ2) is 7.38. The molecule has 20 heavy (non-hydrogen) atoms. The lowest BCUT2D eigenvalue weighted by molar-refractivity contribution is -0.122. The largest absolute Gasteiger partial charge is 0.355 e. The number of nitrogens with two attached hydrogens (primary N) is 1. The van der Waals surface area contributed by atoms with Gasteiger partial charge in [0.1, 0.15) is 0 Å². The van der Waals surface area contributed by atoms with E-state index >= 15 is 0 Å². The van der Waals surface area contributed by atoms with Crippen molar-refractivity contribution in [2.45, 2.75) is 44.1 Å². The second-order valence-corrected chi connectivity index (χ2v) is 6.59. The minimum atomic E-state index is -0.240. The Bertz CT molecular complexity index is 307. The minimum absolute atomic E-state index is 0.128. The number of carbonyl (C=O) groups is 1. The van der Waals surface area contributed by atoms with Gasteiger partial charge in [-0.25, -0.2) is 0 Å². The zero-order chi connectivity index (χ0) is 14.4. The van der Waals surface area contributed by atoms with Crippen LogP contribution in [-0.4, -0.2) is 67.6 Å². The van der Waals surface area contributed by atoms with Gasteiger partial charge in [-0.1, -0.05) is 19.3 Å². The molecule has 116 valence electrons. The molecule has 2 fully saturated rings. The second-order valence-electron chi connectivity index (χ2n) is 6.59. The molecular formula is C15H30N4O. The Kier molecular flexibility index (Phi) is 5.81. The molecule has 5 nitrogen and oxygen atoms in total. The molecule has 0 aromatic heterocycles. The predicted molar refractivity (Wildman–Crippen MR) is 81.6 cm³/mol. The summed E-state index contributed by atoms with van der Waals surface area (Å²) >= 11 is 0. The minimum Gasteiger partial charge on any atom is -0.355 e. The third-order valence-corrected chi connectivity index (χ3v) is 4.71. The summed E-state index contributed by atoms with van der Waals surface area (Å²) in [6, 6.07) is 0. The normalized spacial score (nSPS) is 24.5. The van der Waals surface area contributed by atoms with E-state index in [9.17, 15) is 4.79 Å². The molecule has 1 amide bonds. The van der Waals surface area contributed by atoms with Crippen LogP contribution in [0.2, 0.25) is 0 Å². The van der Waals surface area contributed by atoms with E-state index in [4.69, 9.17) is 5.73 Å².